The quantitative estimate of drug-likeness (QED) is 0.540. The van der Waals surface area contributed by atoms with E-state index in [0.29, 0.717) is 24.4 Å². The van der Waals surface area contributed by atoms with Crippen LogP contribution in [0.25, 0.3) is 0 Å². The molecule has 0 radical (unpaired) electrons. The molecule has 5 atom stereocenters. The second-order valence-corrected chi connectivity index (χ2v) is 9.35. The number of carbonyl (C=O) groups is 2. The van der Waals surface area contributed by atoms with Crippen molar-refractivity contribution in [3.8, 4) is 5.75 Å². The first-order valence-electron chi connectivity index (χ1n) is 10.9. The van der Waals surface area contributed by atoms with Crippen LogP contribution in [0.1, 0.15) is 55.2 Å². The van der Waals surface area contributed by atoms with Gasteiger partial charge in [-0.2, -0.15) is 0 Å². The van der Waals surface area contributed by atoms with Crippen molar-refractivity contribution in [3.05, 3.63) is 65.2 Å². The molecule has 0 aliphatic heterocycles. The van der Waals surface area contributed by atoms with Crippen LogP contribution >= 0.6 is 0 Å². The number of Topliss-reactive ketones (excluding diaryl/α,β-unsaturated/α-hetero) is 1. The number of fused-ring (bicyclic) bond motifs is 5. The van der Waals surface area contributed by atoms with Crippen LogP contribution in [0, 0.1) is 23.2 Å². The fourth-order valence-corrected chi connectivity index (χ4v) is 6.37. The number of rotatable bonds is 4. The van der Waals surface area contributed by atoms with Gasteiger partial charge in [-0.05, 0) is 78.7 Å². The van der Waals surface area contributed by atoms with Gasteiger partial charge in [-0.25, -0.2) is 0 Å². The Morgan fingerprint density at radius 2 is 1.97 bits per heavy atom. The number of benzene rings is 2. The summed E-state index contributed by atoms with van der Waals surface area (Å²) in [6, 6.07) is 16.8. The second kappa shape index (κ2) is 7.12. The maximum absolute atomic E-state index is 12.8. The first-order valence-corrected chi connectivity index (χ1v) is 10.9. The third-order valence-electron chi connectivity index (χ3n) is 7.91. The Labute approximate surface area is 172 Å². The Morgan fingerprint density at radius 1 is 1.14 bits per heavy atom. The molecule has 3 aliphatic rings. The summed E-state index contributed by atoms with van der Waals surface area (Å²) in [6.45, 7) is 2.71. The van der Waals surface area contributed by atoms with Crippen LogP contribution in [0.3, 0.4) is 0 Å². The molecule has 0 N–H and O–H groups in total. The zero-order valence-electron chi connectivity index (χ0n) is 17.0. The summed E-state index contributed by atoms with van der Waals surface area (Å²) in [6.07, 6.45) is 5.76. The molecule has 3 heteroatoms. The number of ketones is 1. The summed E-state index contributed by atoms with van der Waals surface area (Å²) >= 11 is 0. The van der Waals surface area contributed by atoms with Gasteiger partial charge in [0.1, 0.15) is 24.4 Å². The molecule has 3 nitrogen and oxygen atoms in total. The van der Waals surface area contributed by atoms with Crippen molar-refractivity contribution in [3.63, 3.8) is 0 Å². The zero-order chi connectivity index (χ0) is 20.0. The molecule has 0 saturated heterocycles. The average molecular weight is 389 g/mol. The minimum Gasteiger partial charge on any atom is -0.489 e. The van der Waals surface area contributed by atoms with Crippen LogP contribution < -0.4 is 4.74 Å². The third kappa shape index (κ3) is 3.02. The van der Waals surface area contributed by atoms with E-state index in [1.54, 1.807) is 0 Å². The number of hydrogen-bond acceptors (Lipinski definition) is 3. The molecule has 2 aromatic rings. The van der Waals surface area contributed by atoms with Gasteiger partial charge in [-0.3, -0.25) is 4.79 Å². The van der Waals surface area contributed by atoms with Crippen molar-refractivity contribution in [2.45, 2.75) is 51.6 Å². The summed E-state index contributed by atoms with van der Waals surface area (Å²) in [5, 5.41) is 0. The lowest BCUT2D eigenvalue weighted by Crippen LogP contribution is -2.42. The van der Waals surface area contributed by atoms with Gasteiger partial charge in [0.2, 0.25) is 0 Å². The highest BCUT2D eigenvalue weighted by Gasteiger charge is 2.57. The van der Waals surface area contributed by atoms with Crippen molar-refractivity contribution in [2.24, 2.45) is 23.2 Å². The van der Waals surface area contributed by atoms with Crippen LogP contribution in [0.2, 0.25) is 0 Å². The summed E-state index contributed by atoms with van der Waals surface area (Å²) in [5.74, 6) is 2.14. The minimum atomic E-state index is -0.376. The Bertz CT molecular complexity index is 934. The summed E-state index contributed by atoms with van der Waals surface area (Å²) in [5.41, 5.74) is 3.73. The maximum atomic E-state index is 12.8. The van der Waals surface area contributed by atoms with E-state index in [-0.39, 0.29) is 17.1 Å². The lowest BCUT2D eigenvalue weighted by Gasteiger charge is -2.48. The first kappa shape index (κ1) is 18.6. The van der Waals surface area contributed by atoms with Crippen molar-refractivity contribution in [1.82, 2.24) is 0 Å². The van der Waals surface area contributed by atoms with Gasteiger partial charge in [-0.15, -0.1) is 0 Å². The standard InChI is InChI=1S/C26H28O3/c1-26-12-11-22-21-10-8-20(29-16-17-5-3-2-4-6-17)13-18(21)7-9-23(22)24(26)14-19(15-27)25(26)28/h2-6,8,10,13,15,19,22-24H,7,9,11-12,14,16H2,1H3/t19?,22?,23?,24?,26-/m0/s1. The molecular weight excluding hydrogens is 360 g/mol. The Hall–Kier alpha value is -2.42. The summed E-state index contributed by atoms with van der Waals surface area (Å²) in [7, 11) is 0. The van der Waals surface area contributed by atoms with Gasteiger partial charge in [-0.1, -0.05) is 43.3 Å². The number of hydrogen-bond donors (Lipinski definition) is 0. The van der Waals surface area contributed by atoms with Gasteiger partial charge >= 0.3 is 0 Å². The van der Waals surface area contributed by atoms with E-state index in [0.717, 1.165) is 44.1 Å². The van der Waals surface area contributed by atoms with E-state index >= 15 is 0 Å². The smallest absolute Gasteiger partial charge is 0.149 e. The predicted octanol–water partition coefficient (Wildman–Crippen LogP) is 5.12. The van der Waals surface area contributed by atoms with E-state index < -0.39 is 0 Å². The summed E-state index contributed by atoms with van der Waals surface area (Å²) in [4.78, 5) is 24.2. The maximum Gasteiger partial charge on any atom is 0.149 e. The van der Waals surface area contributed by atoms with Gasteiger partial charge < -0.3 is 9.53 Å². The van der Waals surface area contributed by atoms with Crippen molar-refractivity contribution in [2.75, 3.05) is 0 Å². The highest BCUT2D eigenvalue weighted by molar-refractivity contribution is 5.99. The molecule has 0 aromatic heterocycles. The van der Waals surface area contributed by atoms with E-state index in [4.69, 9.17) is 4.74 Å². The molecule has 2 aromatic carbocycles. The largest absolute Gasteiger partial charge is 0.489 e. The zero-order valence-corrected chi connectivity index (χ0v) is 17.0. The van der Waals surface area contributed by atoms with Gasteiger partial charge in [0.05, 0.1) is 5.92 Å². The number of carbonyl (C=O) groups excluding carboxylic acids is 2. The Morgan fingerprint density at radius 3 is 2.76 bits per heavy atom. The van der Waals surface area contributed by atoms with E-state index in [9.17, 15) is 9.59 Å². The van der Waals surface area contributed by atoms with Crippen LogP contribution in [-0.4, -0.2) is 12.1 Å². The molecule has 3 aliphatic carbocycles. The van der Waals surface area contributed by atoms with Crippen molar-refractivity contribution in [1.29, 1.82) is 0 Å². The molecule has 0 amide bonds. The molecule has 0 bridgehead atoms. The van der Waals surface area contributed by atoms with Gasteiger partial charge in [0.25, 0.3) is 0 Å². The van der Waals surface area contributed by atoms with Crippen molar-refractivity contribution >= 4 is 12.1 Å². The average Bonchev–Trinajstić information content (AvgIpc) is 3.03. The third-order valence-corrected chi connectivity index (χ3v) is 7.91. The molecule has 0 spiro atoms. The number of ether oxygens (including phenoxy) is 1. The van der Waals surface area contributed by atoms with Crippen LogP contribution in [-0.2, 0) is 22.6 Å². The van der Waals surface area contributed by atoms with Crippen LogP contribution in [0.5, 0.6) is 5.75 Å². The molecule has 150 valence electrons. The molecule has 29 heavy (non-hydrogen) atoms. The normalized spacial score (nSPS) is 32.8. The first-order chi connectivity index (χ1) is 14.1. The highest BCUT2D eigenvalue weighted by Crippen LogP contribution is 2.60. The minimum absolute atomic E-state index is 0.200. The van der Waals surface area contributed by atoms with Gasteiger partial charge in [0.15, 0.2) is 0 Å². The lowest BCUT2D eigenvalue weighted by molar-refractivity contribution is -0.133. The molecule has 4 unspecified atom stereocenters. The molecular formula is C26H28O3. The molecule has 0 heterocycles. The van der Waals surface area contributed by atoms with Crippen molar-refractivity contribution < 1.29 is 14.3 Å². The molecule has 2 saturated carbocycles. The monoisotopic (exact) mass is 388 g/mol. The SMILES string of the molecule is C[C@]12CCC3c4ccc(OCc5ccccc5)cc4CCC3C1CC(C=O)C2=O. The topological polar surface area (TPSA) is 43.4 Å². The van der Waals surface area contributed by atoms with Gasteiger partial charge in [0, 0.05) is 5.41 Å². The van der Waals surface area contributed by atoms with E-state index in [2.05, 4.69) is 37.3 Å². The van der Waals surface area contributed by atoms with E-state index in [1.165, 1.54) is 16.7 Å². The Balaban J connectivity index is 1.36. The Kier molecular flexibility index (Phi) is 4.57. The number of aldehydes is 1. The molecule has 2 fully saturated rings. The summed E-state index contributed by atoms with van der Waals surface area (Å²) < 4.78 is 6.04. The predicted molar refractivity (Wildman–Crippen MR) is 112 cm³/mol. The lowest BCUT2D eigenvalue weighted by atomic mass is 9.55. The van der Waals surface area contributed by atoms with Crippen LogP contribution in [0.15, 0.2) is 48.5 Å². The molecule has 5 rings (SSSR count). The fraction of sp³-hybridized carbons (Fsp3) is 0.462. The van der Waals surface area contributed by atoms with E-state index in [1.807, 2.05) is 18.2 Å². The second-order valence-electron chi connectivity index (χ2n) is 9.35. The fourth-order valence-electron chi connectivity index (χ4n) is 6.37. The van der Waals surface area contributed by atoms with Crippen LogP contribution in [0.4, 0.5) is 0 Å². The number of aryl methyl sites for hydroxylation is 1. The highest BCUT2D eigenvalue weighted by atomic mass is 16.5.